The summed E-state index contributed by atoms with van der Waals surface area (Å²) in [6.07, 6.45) is 2.49. The van der Waals surface area contributed by atoms with Gasteiger partial charge >= 0.3 is 0 Å². The highest BCUT2D eigenvalue weighted by molar-refractivity contribution is 5.59. The number of benzene rings is 2. The number of nitro benzene ring substituents is 1. The van der Waals surface area contributed by atoms with Crippen molar-refractivity contribution in [3.63, 3.8) is 0 Å². The average molecular weight is 300 g/mol. The van der Waals surface area contributed by atoms with E-state index in [1.54, 1.807) is 12.1 Å². The molecule has 6 nitrogen and oxygen atoms in total. The number of nitro groups is 1. The molecular weight excluding hydrogens is 284 g/mol. The van der Waals surface area contributed by atoms with Crippen molar-refractivity contribution >= 4 is 11.4 Å². The first-order valence-electron chi connectivity index (χ1n) is 6.54. The highest BCUT2D eigenvalue weighted by Gasteiger charge is 2.13. The molecule has 0 atom stereocenters. The van der Waals surface area contributed by atoms with Gasteiger partial charge in [-0.25, -0.2) is 0 Å². The molecule has 0 bridgehead atoms. The molecular formula is C16H16N2O4. The second-order valence-electron chi connectivity index (χ2n) is 4.56. The third-order valence-corrected chi connectivity index (χ3v) is 3.04. The zero-order valence-corrected chi connectivity index (χ0v) is 12.1. The minimum Gasteiger partial charge on any atom is -0.493 e. The van der Waals surface area contributed by atoms with Gasteiger partial charge in [-0.15, -0.1) is 6.58 Å². The fourth-order valence-corrected chi connectivity index (χ4v) is 1.93. The lowest BCUT2D eigenvalue weighted by Gasteiger charge is -2.12. The number of non-ortho nitro benzene ring substituents is 1. The maximum atomic E-state index is 10.8. The molecule has 114 valence electrons. The van der Waals surface area contributed by atoms with Crippen molar-refractivity contribution in [2.24, 2.45) is 0 Å². The van der Waals surface area contributed by atoms with Gasteiger partial charge in [-0.2, -0.15) is 0 Å². The molecule has 0 spiro atoms. The number of nitrogens with zero attached hydrogens (tertiary/aromatic N) is 1. The standard InChI is InChI=1S/C16H16N2O4/c1-3-4-11-5-8-14(16(9-11)21-2)22-15-10-12(18(19)20)6-7-13(15)17/h3,5-10H,1,4,17H2,2H3. The normalized spacial score (nSPS) is 10.0. The van der Waals surface area contributed by atoms with Gasteiger partial charge in [-0.1, -0.05) is 12.1 Å². The number of ether oxygens (including phenoxy) is 2. The van der Waals surface area contributed by atoms with E-state index in [4.69, 9.17) is 15.2 Å². The molecule has 0 saturated carbocycles. The van der Waals surface area contributed by atoms with E-state index in [-0.39, 0.29) is 11.4 Å². The van der Waals surface area contributed by atoms with Gasteiger partial charge in [0, 0.05) is 6.07 Å². The van der Waals surface area contributed by atoms with Crippen LogP contribution in [-0.4, -0.2) is 12.0 Å². The average Bonchev–Trinajstić information content (AvgIpc) is 2.50. The zero-order chi connectivity index (χ0) is 16.1. The van der Waals surface area contributed by atoms with E-state index in [0.717, 1.165) is 5.56 Å². The molecule has 6 heteroatoms. The molecule has 0 aromatic heterocycles. The fourth-order valence-electron chi connectivity index (χ4n) is 1.93. The molecule has 0 aliphatic heterocycles. The molecule has 0 amide bonds. The first kappa shape index (κ1) is 15.4. The predicted molar refractivity (Wildman–Crippen MR) is 84.5 cm³/mol. The summed E-state index contributed by atoms with van der Waals surface area (Å²) in [5.41, 5.74) is 7.04. The van der Waals surface area contributed by atoms with Crippen LogP contribution in [0, 0.1) is 10.1 Å². The Hall–Kier alpha value is -3.02. The highest BCUT2D eigenvalue weighted by atomic mass is 16.6. The summed E-state index contributed by atoms with van der Waals surface area (Å²) in [6.45, 7) is 3.69. The number of methoxy groups -OCH3 is 1. The lowest BCUT2D eigenvalue weighted by molar-refractivity contribution is -0.384. The van der Waals surface area contributed by atoms with Crippen molar-refractivity contribution in [3.8, 4) is 17.2 Å². The van der Waals surface area contributed by atoms with Crippen LogP contribution in [0.2, 0.25) is 0 Å². The maximum absolute atomic E-state index is 10.8. The van der Waals surface area contributed by atoms with E-state index in [9.17, 15) is 10.1 Å². The number of nitrogen functional groups attached to an aromatic ring is 1. The number of rotatable bonds is 6. The Morgan fingerprint density at radius 3 is 2.64 bits per heavy atom. The van der Waals surface area contributed by atoms with Gasteiger partial charge in [-0.3, -0.25) is 10.1 Å². The third-order valence-electron chi connectivity index (χ3n) is 3.04. The second-order valence-corrected chi connectivity index (χ2v) is 4.56. The van der Waals surface area contributed by atoms with Gasteiger partial charge in [-0.05, 0) is 30.2 Å². The molecule has 2 rings (SSSR count). The second kappa shape index (κ2) is 6.62. The Kier molecular flexibility index (Phi) is 4.63. The maximum Gasteiger partial charge on any atom is 0.273 e. The number of anilines is 1. The van der Waals surface area contributed by atoms with E-state index >= 15 is 0 Å². The van der Waals surface area contributed by atoms with Crippen LogP contribution in [-0.2, 0) is 6.42 Å². The van der Waals surface area contributed by atoms with Crippen molar-refractivity contribution in [2.45, 2.75) is 6.42 Å². The number of hydrogen-bond acceptors (Lipinski definition) is 5. The Morgan fingerprint density at radius 1 is 1.23 bits per heavy atom. The van der Waals surface area contributed by atoms with Crippen molar-refractivity contribution in [1.29, 1.82) is 0 Å². The molecule has 0 unspecified atom stereocenters. The van der Waals surface area contributed by atoms with Gasteiger partial charge in [0.15, 0.2) is 17.2 Å². The Labute approximate surface area is 127 Å². The van der Waals surface area contributed by atoms with E-state index < -0.39 is 4.92 Å². The van der Waals surface area contributed by atoms with Gasteiger partial charge < -0.3 is 15.2 Å². The molecule has 0 saturated heterocycles. The first-order valence-corrected chi connectivity index (χ1v) is 6.54. The molecule has 0 fully saturated rings. The van der Waals surface area contributed by atoms with Crippen LogP contribution in [0.15, 0.2) is 49.1 Å². The largest absolute Gasteiger partial charge is 0.493 e. The molecule has 0 radical (unpaired) electrons. The first-order chi connectivity index (χ1) is 10.5. The molecule has 0 aliphatic carbocycles. The molecule has 2 aromatic rings. The van der Waals surface area contributed by atoms with E-state index in [1.807, 2.05) is 12.1 Å². The van der Waals surface area contributed by atoms with Crippen molar-refractivity contribution in [1.82, 2.24) is 0 Å². The van der Waals surface area contributed by atoms with Gasteiger partial charge in [0.1, 0.15) is 0 Å². The summed E-state index contributed by atoms with van der Waals surface area (Å²) in [5, 5.41) is 10.8. The monoisotopic (exact) mass is 300 g/mol. The van der Waals surface area contributed by atoms with Crippen LogP contribution in [0.4, 0.5) is 11.4 Å². The Balaban J connectivity index is 2.36. The molecule has 2 N–H and O–H groups in total. The van der Waals surface area contributed by atoms with E-state index in [0.29, 0.717) is 23.6 Å². The molecule has 22 heavy (non-hydrogen) atoms. The Bertz CT molecular complexity index is 713. The van der Waals surface area contributed by atoms with Gasteiger partial charge in [0.2, 0.25) is 0 Å². The molecule has 0 heterocycles. The summed E-state index contributed by atoms with van der Waals surface area (Å²) in [5.74, 6) is 1.16. The van der Waals surface area contributed by atoms with Crippen LogP contribution in [0.25, 0.3) is 0 Å². The molecule has 0 aliphatic rings. The highest BCUT2D eigenvalue weighted by Crippen LogP contribution is 2.36. The van der Waals surface area contributed by atoms with Gasteiger partial charge in [0.25, 0.3) is 5.69 Å². The summed E-state index contributed by atoms with van der Waals surface area (Å²) in [6, 6.07) is 9.47. The Morgan fingerprint density at radius 2 is 2.00 bits per heavy atom. The summed E-state index contributed by atoms with van der Waals surface area (Å²) >= 11 is 0. The SMILES string of the molecule is C=CCc1ccc(Oc2cc([N+](=O)[O-])ccc2N)c(OC)c1. The van der Waals surface area contributed by atoms with Crippen LogP contribution in [0.5, 0.6) is 17.2 Å². The van der Waals surface area contributed by atoms with E-state index in [1.165, 1.54) is 25.3 Å². The van der Waals surface area contributed by atoms with E-state index in [2.05, 4.69) is 6.58 Å². The third kappa shape index (κ3) is 3.35. The minimum absolute atomic E-state index is 0.0913. The van der Waals surface area contributed by atoms with Crippen molar-refractivity contribution < 1.29 is 14.4 Å². The number of allylic oxidation sites excluding steroid dienone is 1. The quantitative estimate of drug-likeness (QED) is 0.380. The topological polar surface area (TPSA) is 87.6 Å². The van der Waals surface area contributed by atoms with Gasteiger partial charge in [0.05, 0.1) is 23.8 Å². The van der Waals surface area contributed by atoms with Crippen LogP contribution >= 0.6 is 0 Å². The smallest absolute Gasteiger partial charge is 0.273 e. The minimum atomic E-state index is -0.503. The van der Waals surface area contributed by atoms with Crippen molar-refractivity contribution in [2.75, 3.05) is 12.8 Å². The summed E-state index contributed by atoms with van der Waals surface area (Å²) in [4.78, 5) is 10.3. The summed E-state index contributed by atoms with van der Waals surface area (Å²) < 4.78 is 11.0. The zero-order valence-electron chi connectivity index (χ0n) is 12.1. The van der Waals surface area contributed by atoms with Crippen LogP contribution in [0.1, 0.15) is 5.56 Å². The van der Waals surface area contributed by atoms with Crippen LogP contribution in [0.3, 0.4) is 0 Å². The fraction of sp³-hybridized carbons (Fsp3) is 0.125. The number of hydrogen-bond donors (Lipinski definition) is 1. The summed E-state index contributed by atoms with van der Waals surface area (Å²) in [7, 11) is 1.52. The molecule has 2 aromatic carbocycles. The number of nitrogens with two attached hydrogens (primary N) is 1. The van der Waals surface area contributed by atoms with Crippen LogP contribution < -0.4 is 15.2 Å². The predicted octanol–water partition coefficient (Wildman–Crippen LogP) is 3.71. The lowest BCUT2D eigenvalue weighted by Crippen LogP contribution is -1.97. The van der Waals surface area contributed by atoms with Crippen molar-refractivity contribution in [3.05, 3.63) is 64.7 Å². The lowest BCUT2D eigenvalue weighted by atomic mass is 10.1.